The fraction of sp³-hybridized carbons (Fsp3) is 0.143. The van der Waals surface area contributed by atoms with Crippen molar-refractivity contribution in [1.82, 2.24) is 0 Å². The summed E-state index contributed by atoms with van der Waals surface area (Å²) in [6.45, 7) is 0.689. The minimum Gasteiger partial charge on any atom is -0.490 e. The highest BCUT2D eigenvalue weighted by Crippen LogP contribution is 2.28. The van der Waals surface area contributed by atoms with Gasteiger partial charge in [-0.25, -0.2) is 13.6 Å². The molecular weight excluding hydrogens is 438 g/mol. The predicted octanol–water partition coefficient (Wildman–Crippen LogP) is 3.32. The molecule has 0 aliphatic heterocycles. The van der Waals surface area contributed by atoms with Gasteiger partial charge in [-0.15, -0.1) is 0 Å². The lowest BCUT2D eigenvalue weighted by Crippen LogP contribution is -2.12. The van der Waals surface area contributed by atoms with E-state index in [-0.39, 0.29) is 4.90 Å². The molecule has 0 aliphatic rings. The molecule has 0 aromatic heterocycles. The normalized spacial score (nSPS) is 11.2. The number of hydrogen-bond donors (Lipinski definition) is 1. The van der Waals surface area contributed by atoms with Crippen molar-refractivity contribution in [3.8, 4) is 11.5 Å². The molecule has 0 amide bonds. The quantitative estimate of drug-likeness (QED) is 0.684. The average Bonchev–Trinajstić information content (AvgIpc) is 2.45. The van der Waals surface area contributed by atoms with Gasteiger partial charge in [-0.05, 0) is 58.4 Å². The SMILES string of the molecule is NS(=O)(=O)c1ccc(OCCOc2ccc(Br)cc2Br)cc1. The van der Waals surface area contributed by atoms with Crippen LogP contribution in [-0.2, 0) is 10.0 Å². The largest absolute Gasteiger partial charge is 0.490 e. The van der Waals surface area contributed by atoms with Gasteiger partial charge in [-0.1, -0.05) is 15.9 Å². The van der Waals surface area contributed by atoms with Crippen LogP contribution in [0.2, 0.25) is 0 Å². The number of hydrogen-bond acceptors (Lipinski definition) is 4. The van der Waals surface area contributed by atoms with E-state index < -0.39 is 10.0 Å². The first kappa shape index (κ1) is 17.3. The first-order valence-electron chi connectivity index (χ1n) is 6.20. The van der Waals surface area contributed by atoms with Crippen LogP contribution in [-0.4, -0.2) is 21.6 Å². The molecule has 0 heterocycles. The van der Waals surface area contributed by atoms with Gasteiger partial charge in [-0.2, -0.15) is 0 Å². The fourth-order valence-corrected chi connectivity index (χ4v) is 3.31. The minimum absolute atomic E-state index is 0.0508. The van der Waals surface area contributed by atoms with Crippen LogP contribution in [0, 0.1) is 0 Å². The lowest BCUT2D eigenvalue weighted by Gasteiger charge is -2.10. The Labute approximate surface area is 145 Å². The molecule has 2 N–H and O–H groups in total. The van der Waals surface area contributed by atoms with Crippen molar-refractivity contribution >= 4 is 41.9 Å². The standard InChI is InChI=1S/C14H13Br2NO4S/c15-10-1-6-14(13(16)9-10)21-8-7-20-11-2-4-12(5-3-11)22(17,18)19/h1-6,9H,7-8H2,(H2,17,18,19). The van der Waals surface area contributed by atoms with Gasteiger partial charge in [0.15, 0.2) is 0 Å². The summed E-state index contributed by atoms with van der Waals surface area (Å²) in [6.07, 6.45) is 0. The minimum atomic E-state index is -3.68. The van der Waals surface area contributed by atoms with Crippen LogP contribution in [0.5, 0.6) is 11.5 Å². The van der Waals surface area contributed by atoms with Crippen molar-refractivity contribution in [1.29, 1.82) is 0 Å². The monoisotopic (exact) mass is 449 g/mol. The molecule has 0 saturated heterocycles. The maximum absolute atomic E-state index is 11.1. The van der Waals surface area contributed by atoms with E-state index in [2.05, 4.69) is 31.9 Å². The molecule has 0 saturated carbocycles. The molecule has 0 spiro atoms. The second-order valence-electron chi connectivity index (χ2n) is 4.29. The van der Waals surface area contributed by atoms with Crippen molar-refractivity contribution in [2.45, 2.75) is 4.90 Å². The van der Waals surface area contributed by atoms with E-state index in [1.54, 1.807) is 12.1 Å². The molecule has 8 heteroatoms. The van der Waals surface area contributed by atoms with E-state index in [1.807, 2.05) is 18.2 Å². The summed E-state index contributed by atoms with van der Waals surface area (Å²) in [5, 5.41) is 5.02. The number of halogens is 2. The summed E-state index contributed by atoms with van der Waals surface area (Å²) in [5.41, 5.74) is 0. The number of rotatable bonds is 6. The number of nitrogens with two attached hydrogens (primary N) is 1. The van der Waals surface area contributed by atoms with E-state index in [4.69, 9.17) is 14.6 Å². The number of primary sulfonamides is 1. The Kier molecular flexibility index (Phi) is 5.85. The highest BCUT2D eigenvalue weighted by atomic mass is 79.9. The van der Waals surface area contributed by atoms with E-state index >= 15 is 0 Å². The first-order chi connectivity index (χ1) is 10.4. The molecule has 118 valence electrons. The summed E-state index contributed by atoms with van der Waals surface area (Å²) in [7, 11) is -3.68. The average molecular weight is 451 g/mol. The smallest absolute Gasteiger partial charge is 0.238 e. The van der Waals surface area contributed by atoms with Gasteiger partial charge in [0, 0.05) is 4.47 Å². The first-order valence-corrected chi connectivity index (χ1v) is 9.33. The second kappa shape index (κ2) is 7.45. The third kappa shape index (κ3) is 4.98. The maximum Gasteiger partial charge on any atom is 0.238 e. The van der Waals surface area contributed by atoms with Gasteiger partial charge in [-0.3, -0.25) is 0 Å². The molecule has 2 aromatic carbocycles. The Balaban J connectivity index is 1.84. The van der Waals surface area contributed by atoms with Crippen molar-refractivity contribution in [3.63, 3.8) is 0 Å². The van der Waals surface area contributed by atoms with Gasteiger partial charge in [0.05, 0.1) is 9.37 Å². The molecule has 0 atom stereocenters. The van der Waals surface area contributed by atoms with E-state index in [9.17, 15) is 8.42 Å². The van der Waals surface area contributed by atoms with Crippen LogP contribution < -0.4 is 14.6 Å². The third-order valence-electron chi connectivity index (χ3n) is 2.66. The third-order valence-corrected chi connectivity index (χ3v) is 4.70. The molecule has 0 aliphatic carbocycles. The Morgan fingerprint density at radius 1 is 0.955 bits per heavy atom. The molecule has 0 bridgehead atoms. The molecule has 0 unspecified atom stereocenters. The fourth-order valence-electron chi connectivity index (χ4n) is 1.63. The van der Waals surface area contributed by atoms with E-state index in [0.717, 1.165) is 14.7 Å². The van der Waals surface area contributed by atoms with E-state index in [1.165, 1.54) is 12.1 Å². The molecule has 2 aromatic rings. The van der Waals surface area contributed by atoms with Crippen molar-refractivity contribution < 1.29 is 17.9 Å². The zero-order chi connectivity index (χ0) is 16.2. The molecule has 2 rings (SSSR count). The Bertz CT molecular complexity index is 748. The molecule has 0 fully saturated rings. The van der Waals surface area contributed by atoms with Gasteiger partial charge in [0.1, 0.15) is 24.7 Å². The van der Waals surface area contributed by atoms with Crippen LogP contribution in [0.3, 0.4) is 0 Å². The summed E-state index contributed by atoms with van der Waals surface area (Å²) >= 11 is 6.77. The van der Waals surface area contributed by atoms with Gasteiger partial charge in [0.2, 0.25) is 10.0 Å². The molecule has 0 radical (unpaired) electrons. The number of sulfonamides is 1. The Morgan fingerprint density at radius 2 is 1.59 bits per heavy atom. The van der Waals surface area contributed by atoms with Crippen LogP contribution in [0.25, 0.3) is 0 Å². The zero-order valence-corrected chi connectivity index (χ0v) is 15.3. The Morgan fingerprint density at radius 3 is 2.18 bits per heavy atom. The zero-order valence-electron chi connectivity index (χ0n) is 11.3. The number of ether oxygens (including phenoxy) is 2. The Hall–Kier alpha value is -1.09. The molecule has 22 heavy (non-hydrogen) atoms. The van der Waals surface area contributed by atoms with Crippen molar-refractivity contribution in [3.05, 3.63) is 51.4 Å². The summed E-state index contributed by atoms with van der Waals surface area (Å²) in [6, 6.07) is 11.5. The van der Waals surface area contributed by atoms with Gasteiger partial charge >= 0.3 is 0 Å². The summed E-state index contributed by atoms with van der Waals surface area (Å²) in [4.78, 5) is 0.0508. The second-order valence-corrected chi connectivity index (χ2v) is 7.62. The van der Waals surface area contributed by atoms with Crippen LogP contribution >= 0.6 is 31.9 Å². The lowest BCUT2D eigenvalue weighted by molar-refractivity contribution is 0.216. The summed E-state index contributed by atoms with van der Waals surface area (Å²) < 4.78 is 35.1. The molecule has 5 nitrogen and oxygen atoms in total. The van der Waals surface area contributed by atoms with Crippen molar-refractivity contribution in [2.24, 2.45) is 5.14 Å². The van der Waals surface area contributed by atoms with Gasteiger partial charge in [0.25, 0.3) is 0 Å². The molecular formula is C14H13Br2NO4S. The van der Waals surface area contributed by atoms with Crippen LogP contribution in [0.15, 0.2) is 56.3 Å². The number of benzene rings is 2. The van der Waals surface area contributed by atoms with Crippen LogP contribution in [0.4, 0.5) is 0 Å². The van der Waals surface area contributed by atoms with Crippen molar-refractivity contribution in [2.75, 3.05) is 13.2 Å². The lowest BCUT2D eigenvalue weighted by atomic mass is 10.3. The maximum atomic E-state index is 11.1. The van der Waals surface area contributed by atoms with E-state index in [0.29, 0.717) is 19.0 Å². The summed E-state index contributed by atoms with van der Waals surface area (Å²) in [5.74, 6) is 1.27. The van der Waals surface area contributed by atoms with Crippen LogP contribution in [0.1, 0.15) is 0 Å². The highest BCUT2D eigenvalue weighted by molar-refractivity contribution is 9.11. The predicted molar refractivity (Wildman–Crippen MR) is 90.6 cm³/mol. The van der Waals surface area contributed by atoms with Gasteiger partial charge < -0.3 is 9.47 Å². The topological polar surface area (TPSA) is 78.6 Å². The highest BCUT2D eigenvalue weighted by Gasteiger charge is 2.07.